The zero-order chi connectivity index (χ0) is 19.1. The Morgan fingerprint density at radius 2 is 1.96 bits per heavy atom. The summed E-state index contributed by atoms with van der Waals surface area (Å²) in [5, 5.41) is 2.79. The Morgan fingerprint density at radius 3 is 2.58 bits per heavy atom. The lowest BCUT2D eigenvalue weighted by atomic mass is 10.1. The maximum absolute atomic E-state index is 13.8. The van der Waals surface area contributed by atoms with E-state index in [0.717, 1.165) is 5.56 Å². The highest BCUT2D eigenvalue weighted by molar-refractivity contribution is 5.97. The summed E-state index contributed by atoms with van der Waals surface area (Å²) in [4.78, 5) is 25.6. The zero-order valence-corrected chi connectivity index (χ0v) is 15.2. The fourth-order valence-corrected chi connectivity index (χ4v) is 2.57. The SMILES string of the molecule is CCN(CC(=O)Nc1cccc(C(C)=O)c1)Cc1ccc(OC)c(F)c1. The van der Waals surface area contributed by atoms with Gasteiger partial charge in [-0.2, -0.15) is 0 Å². The molecule has 2 aromatic carbocycles. The van der Waals surface area contributed by atoms with Crippen LogP contribution in [0.25, 0.3) is 0 Å². The van der Waals surface area contributed by atoms with Gasteiger partial charge < -0.3 is 10.1 Å². The minimum absolute atomic E-state index is 0.0576. The van der Waals surface area contributed by atoms with E-state index >= 15 is 0 Å². The molecule has 0 unspecified atom stereocenters. The third-order valence-corrected chi connectivity index (χ3v) is 3.99. The first kappa shape index (κ1) is 19.6. The molecular formula is C20H23FN2O3. The van der Waals surface area contributed by atoms with E-state index in [1.165, 1.54) is 20.1 Å². The highest BCUT2D eigenvalue weighted by atomic mass is 19.1. The standard InChI is InChI=1S/C20H23FN2O3/c1-4-23(12-15-8-9-19(26-3)18(21)10-15)13-20(25)22-17-7-5-6-16(11-17)14(2)24/h5-11H,4,12-13H2,1-3H3,(H,22,25). The van der Waals surface area contributed by atoms with E-state index in [-0.39, 0.29) is 24.0 Å². The molecule has 0 saturated carbocycles. The molecule has 0 aliphatic carbocycles. The fourth-order valence-electron chi connectivity index (χ4n) is 2.57. The normalized spacial score (nSPS) is 10.7. The molecule has 0 fully saturated rings. The lowest BCUT2D eigenvalue weighted by Gasteiger charge is -2.20. The van der Waals surface area contributed by atoms with Crippen molar-refractivity contribution in [1.29, 1.82) is 0 Å². The van der Waals surface area contributed by atoms with Crippen molar-refractivity contribution in [3.8, 4) is 5.75 Å². The number of hydrogen-bond acceptors (Lipinski definition) is 4. The molecule has 0 saturated heterocycles. The number of carbonyl (C=O) groups excluding carboxylic acids is 2. The molecule has 0 aliphatic rings. The topological polar surface area (TPSA) is 58.6 Å². The molecule has 1 N–H and O–H groups in total. The maximum Gasteiger partial charge on any atom is 0.238 e. The number of benzene rings is 2. The highest BCUT2D eigenvalue weighted by Gasteiger charge is 2.12. The number of hydrogen-bond donors (Lipinski definition) is 1. The van der Waals surface area contributed by atoms with Gasteiger partial charge in [-0.1, -0.05) is 25.1 Å². The number of rotatable bonds is 8. The number of halogens is 1. The summed E-state index contributed by atoms with van der Waals surface area (Å²) in [5.74, 6) is -0.481. The van der Waals surface area contributed by atoms with Crippen molar-refractivity contribution in [3.63, 3.8) is 0 Å². The second kappa shape index (κ2) is 9.10. The lowest BCUT2D eigenvalue weighted by molar-refractivity contribution is -0.117. The first-order valence-electron chi connectivity index (χ1n) is 8.38. The highest BCUT2D eigenvalue weighted by Crippen LogP contribution is 2.18. The number of likely N-dealkylation sites (N-methyl/N-ethyl adjacent to an activating group) is 1. The minimum atomic E-state index is -0.424. The Bertz CT molecular complexity index is 792. The molecular weight excluding hydrogens is 335 g/mol. The second-order valence-electron chi connectivity index (χ2n) is 5.96. The molecule has 1 amide bonds. The average molecular weight is 358 g/mol. The van der Waals surface area contributed by atoms with Gasteiger partial charge in [0, 0.05) is 17.8 Å². The van der Waals surface area contributed by atoms with Crippen LogP contribution in [0.4, 0.5) is 10.1 Å². The fraction of sp³-hybridized carbons (Fsp3) is 0.300. The Balaban J connectivity index is 1.98. The molecule has 0 aliphatic heterocycles. The van der Waals surface area contributed by atoms with Crippen LogP contribution in [-0.4, -0.2) is 36.8 Å². The van der Waals surface area contributed by atoms with Gasteiger partial charge in [0.1, 0.15) is 0 Å². The maximum atomic E-state index is 13.8. The van der Waals surface area contributed by atoms with Crippen LogP contribution in [0.15, 0.2) is 42.5 Å². The summed E-state index contributed by atoms with van der Waals surface area (Å²) in [5.41, 5.74) is 1.88. The van der Waals surface area contributed by atoms with Crippen LogP contribution in [0.1, 0.15) is 29.8 Å². The number of methoxy groups -OCH3 is 1. The number of Topliss-reactive ketones (excluding diaryl/α,β-unsaturated/α-hetero) is 1. The van der Waals surface area contributed by atoms with Crippen molar-refractivity contribution in [2.75, 3.05) is 25.5 Å². The predicted molar refractivity (Wildman–Crippen MR) is 99.0 cm³/mol. The zero-order valence-electron chi connectivity index (χ0n) is 15.2. The molecule has 0 bridgehead atoms. The largest absolute Gasteiger partial charge is 0.494 e. The summed E-state index contributed by atoms with van der Waals surface area (Å²) < 4.78 is 18.7. The number of anilines is 1. The molecule has 26 heavy (non-hydrogen) atoms. The van der Waals surface area contributed by atoms with Crippen molar-refractivity contribution in [1.82, 2.24) is 4.90 Å². The summed E-state index contributed by atoms with van der Waals surface area (Å²) in [6.45, 7) is 4.65. The van der Waals surface area contributed by atoms with E-state index in [1.807, 2.05) is 11.8 Å². The van der Waals surface area contributed by atoms with E-state index in [0.29, 0.717) is 24.3 Å². The first-order chi connectivity index (χ1) is 12.4. The Hall–Kier alpha value is -2.73. The van der Waals surface area contributed by atoms with Crippen molar-refractivity contribution in [3.05, 3.63) is 59.4 Å². The number of ketones is 1. The van der Waals surface area contributed by atoms with Crippen LogP contribution in [-0.2, 0) is 11.3 Å². The third-order valence-electron chi connectivity index (χ3n) is 3.99. The predicted octanol–water partition coefficient (Wildman–Crippen LogP) is 3.50. The van der Waals surface area contributed by atoms with Gasteiger partial charge in [-0.15, -0.1) is 0 Å². The van der Waals surface area contributed by atoms with Gasteiger partial charge in [0.2, 0.25) is 5.91 Å². The molecule has 2 aromatic rings. The van der Waals surface area contributed by atoms with E-state index < -0.39 is 5.82 Å². The van der Waals surface area contributed by atoms with Gasteiger partial charge in [0.15, 0.2) is 17.3 Å². The van der Waals surface area contributed by atoms with Crippen molar-refractivity contribution >= 4 is 17.4 Å². The van der Waals surface area contributed by atoms with Crippen LogP contribution in [0.2, 0.25) is 0 Å². The second-order valence-corrected chi connectivity index (χ2v) is 5.96. The molecule has 6 heteroatoms. The monoisotopic (exact) mass is 358 g/mol. The van der Waals surface area contributed by atoms with Crippen LogP contribution in [0.3, 0.4) is 0 Å². The molecule has 0 radical (unpaired) electrons. The molecule has 2 rings (SSSR count). The molecule has 0 heterocycles. The summed E-state index contributed by atoms with van der Waals surface area (Å²) in [7, 11) is 1.42. The first-order valence-corrected chi connectivity index (χ1v) is 8.38. The number of nitrogens with zero attached hydrogens (tertiary/aromatic N) is 1. The van der Waals surface area contributed by atoms with Gasteiger partial charge in [0.05, 0.1) is 13.7 Å². The Morgan fingerprint density at radius 1 is 1.19 bits per heavy atom. The van der Waals surface area contributed by atoms with E-state index in [2.05, 4.69) is 5.32 Å². The summed E-state index contributed by atoms with van der Waals surface area (Å²) in [6.07, 6.45) is 0. The number of nitrogens with one attached hydrogen (secondary N) is 1. The van der Waals surface area contributed by atoms with Crippen LogP contribution < -0.4 is 10.1 Å². The number of amides is 1. The van der Waals surface area contributed by atoms with Crippen LogP contribution >= 0.6 is 0 Å². The number of ether oxygens (including phenoxy) is 1. The summed E-state index contributed by atoms with van der Waals surface area (Å²) in [6, 6.07) is 11.6. The minimum Gasteiger partial charge on any atom is -0.494 e. The Labute approximate surface area is 152 Å². The molecule has 0 aromatic heterocycles. The molecule has 0 atom stereocenters. The summed E-state index contributed by atoms with van der Waals surface area (Å²) >= 11 is 0. The van der Waals surface area contributed by atoms with Gasteiger partial charge >= 0.3 is 0 Å². The smallest absolute Gasteiger partial charge is 0.238 e. The quantitative estimate of drug-likeness (QED) is 0.734. The van der Waals surface area contributed by atoms with Crippen molar-refractivity contribution in [2.45, 2.75) is 20.4 Å². The van der Waals surface area contributed by atoms with Gasteiger partial charge in [-0.25, -0.2) is 4.39 Å². The van der Waals surface area contributed by atoms with Gasteiger partial charge in [0.25, 0.3) is 0 Å². The van der Waals surface area contributed by atoms with E-state index in [1.54, 1.807) is 36.4 Å². The Kier molecular flexibility index (Phi) is 6.86. The molecule has 138 valence electrons. The van der Waals surface area contributed by atoms with Crippen molar-refractivity contribution in [2.24, 2.45) is 0 Å². The number of carbonyl (C=O) groups is 2. The third kappa shape index (κ3) is 5.39. The van der Waals surface area contributed by atoms with E-state index in [4.69, 9.17) is 4.74 Å². The lowest BCUT2D eigenvalue weighted by Crippen LogP contribution is -2.32. The van der Waals surface area contributed by atoms with Crippen LogP contribution in [0, 0.1) is 5.82 Å². The molecule has 0 spiro atoms. The van der Waals surface area contributed by atoms with E-state index in [9.17, 15) is 14.0 Å². The van der Waals surface area contributed by atoms with Gasteiger partial charge in [-0.05, 0) is 43.3 Å². The van der Waals surface area contributed by atoms with Crippen LogP contribution in [0.5, 0.6) is 5.75 Å². The molecule has 5 nitrogen and oxygen atoms in total. The van der Waals surface area contributed by atoms with Gasteiger partial charge in [-0.3, -0.25) is 14.5 Å². The van der Waals surface area contributed by atoms with Crippen molar-refractivity contribution < 1.29 is 18.7 Å². The average Bonchev–Trinajstić information content (AvgIpc) is 2.61.